The van der Waals surface area contributed by atoms with Crippen LogP contribution in [0.1, 0.15) is 67.2 Å². The number of fused-ring (bicyclic) bond motifs is 1. The maximum absolute atomic E-state index is 2.56. The van der Waals surface area contributed by atoms with Crippen LogP contribution in [0.2, 0.25) is 0 Å². The molecule has 0 saturated heterocycles. The second kappa shape index (κ2) is 4.61. The molecule has 116 valence electrons. The molecule has 0 bridgehead atoms. The summed E-state index contributed by atoms with van der Waals surface area (Å²) in [6, 6.07) is 0. The molecule has 0 heteroatoms. The molecule has 0 nitrogen and oxygen atoms in total. The molecule has 3 atom stereocenters. The van der Waals surface area contributed by atoms with Gasteiger partial charge >= 0.3 is 0 Å². The van der Waals surface area contributed by atoms with E-state index in [9.17, 15) is 0 Å². The highest BCUT2D eigenvalue weighted by Gasteiger charge is 2.50. The van der Waals surface area contributed by atoms with Crippen molar-refractivity contribution in [1.82, 2.24) is 0 Å². The van der Waals surface area contributed by atoms with E-state index in [-0.39, 0.29) is 5.41 Å². The average molecular weight is 284 g/mol. The van der Waals surface area contributed by atoms with Crippen molar-refractivity contribution < 1.29 is 0 Å². The van der Waals surface area contributed by atoms with Gasteiger partial charge in [0.1, 0.15) is 0 Å². The minimum atomic E-state index is 0.283. The van der Waals surface area contributed by atoms with Crippen molar-refractivity contribution in [2.24, 2.45) is 28.1 Å². The number of allylic oxidation sites excluding steroid dienone is 6. The molecule has 3 aliphatic carbocycles. The minimum Gasteiger partial charge on any atom is -0.0817 e. The van der Waals surface area contributed by atoms with E-state index in [1.807, 2.05) is 0 Å². The topological polar surface area (TPSA) is 0 Å². The van der Waals surface area contributed by atoms with Gasteiger partial charge in [-0.05, 0) is 47.5 Å². The quantitative estimate of drug-likeness (QED) is 0.495. The van der Waals surface area contributed by atoms with Crippen LogP contribution in [0.25, 0.3) is 0 Å². The molecule has 21 heavy (non-hydrogen) atoms. The molecule has 3 aliphatic rings. The van der Waals surface area contributed by atoms with Crippen molar-refractivity contribution in [1.29, 1.82) is 0 Å². The fraction of sp³-hybridized carbons (Fsp3) is 0.714. The van der Waals surface area contributed by atoms with Gasteiger partial charge < -0.3 is 0 Å². The molecule has 0 aliphatic heterocycles. The summed E-state index contributed by atoms with van der Waals surface area (Å²) >= 11 is 0. The molecular formula is C21H32. The second-order valence-corrected chi connectivity index (χ2v) is 9.36. The van der Waals surface area contributed by atoms with E-state index in [2.05, 4.69) is 65.8 Å². The smallest absolute Gasteiger partial charge is 0.0100 e. The third kappa shape index (κ3) is 2.35. The van der Waals surface area contributed by atoms with E-state index in [4.69, 9.17) is 0 Å². The van der Waals surface area contributed by atoms with Gasteiger partial charge in [0.05, 0.1) is 0 Å². The Kier molecular flexibility index (Phi) is 3.32. The maximum atomic E-state index is 2.56. The molecule has 0 aromatic heterocycles. The Morgan fingerprint density at radius 3 is 2.29 bits per heavy atom. The molecule has 0 radical (unpaired) electrons. The summed E-state index contributed by atoms with van der Waals surface area (Å²) in [6.45, 7) is 14.4. The molecule has 0 amide bonds. The molecule has 3 unspecified atom stereocenters. The molecule has 0 aromatic carbocycles. The summed E-state index contributed by atoms with van der Waals surface area (Å²) in [4.78, 5) is 0. The summed E-state index contributed by atoms with van der Waals surface area (Å²) in [5.74, 6) is 1.71. The number of hydrogen-bond donors (Lipinski definition) is 0. The first-order valence-corrected chi connectivity index (χ1v) is 8.77. The van der Waals surface area contributed by atoms with Crippen molar-refractivity contribution >= 4 is 0 Å². The van der Waals surface area contributed by atoms with Gasteiger partial charge in [0.15, 0.2) is 0 Å². The molecule has 0 aromatic rings. The van der Waals surface area contributed by atoms with Crippen LogP contribution >= 0.6 is 0 Å². The van der Waals surface area contributed by atoms with Crippen LogP contribution in [0.3, 0.4) is 0 Å². The highest BCUT2D eigenvalue weighted by molar-refractivity contribution is 5.42. The number of hydrogen-bond acceptors (Lipinski definition) is 0. The molecule has 0 spiro atoms. The Hall–Kier alpha value is -0.780. The monoisotopic (exact) mass is 284 g/mol. The lowest BCUT2D eigenvalue weighted by atomic mass is 9.57. The molecular weight excluding hydrogens is 252 g/mol. The van der Waals surface area contributed by atoms with Crippen LogP contribution in [0, 0.1) is 28.1 Å². The van der Waals surface area contributed by atoms with E-state index in [1.54, 1.807) is 5.57 Å². The summed E-state index contributed by atoms with van der Waals surface area (Å²) in [6.07, 6.45) is 15.5. The summed E-state index contributed by atoms with van der Waals surface area (Å²) in [5, 5.41) is 0. The van der Waals surface area contributed by atoms with Gasteiger partial charge in [0.2, 0.25) is 0 Å². The standard InChI is InChI=1S/C21H32/c1-19(2,3)15-10-11-16(14-15)21(6)13-12-20(4,5)17-8-7-9-18(17)21/h10,12-14,17-18H,7-9,11H2,1-6H3. The van der Waals surface area contributed by atoms with Crippen LogP contribution in [-0.2, 0) is 0 Å². The van der Waals surface area contributed by atoms with Gasteiger partial charge in [0, 0.05) is 5.41 Å². The fourth-order valence-electron chi connectivity index (χ4n) is 4.97. The fourth-order valence-corrected chi connectivity index (χ4v) is 4.97. The Morgan fingerprint density at radius 2 is 1.67 bits per heavy atom. The largest absolute Gasteiger partial charge is 0.0817 e. The van der Waals surface area contributed by atoms with Crippen LogP contribution in [0.4, 0.5) is 0 Å². The summed E-state index contributed by atoms with van der Waals surface area (Å²) in [7, 11) is 0. The molecule has 1 fully saturated rings. The second-order valence-electron chi connectivity index (χ2n) is 9.36. The van der Waals surface area contributed by atoms with Crippen molar-refractivity contribution in [2.45, 2.75) is 67.2 Å². The number of rotatable bonds is 1. The van der Waals surface area contributed by atoms with Gasteiger partial charge in [-0.1, -0.05) is 77.8 Å². The van der Waals surface area contributed by atoms with Crippen LogP contribution in [0.5, 0.6) is 0 Å². The van der Waals surface area contributed by atoms with E-state index in [0.29, 0.717) is 10.8 Å². The first kappa shape index (κ1) is 15.1. The van der Waals surface area contributed by atoms with Crippen molar-refractivity contribution in [3.63, 3.8) is 0 Å². The average Bonchev–Trinajstić information content (AvgIpc) is 3.02. The van der Waals surface area contributed by atoms with Crippen molar-refractivity contribution in [2.75, 3.05) is 0 Å². The van der Waals surface area contributed by atoms with Gasteiger partial charge in [-0.3, -0.25) is 0 Å². The van der Waals surface area contributed by atoms with E-state index >= 15 is 0 Å². The lowest BCUT2D eigenvalue weighted by Crippen LogP contribution is -2.40. The van der Waals surface area contributed by atoms with E-state index in [0.717, 1.165) is 18.3 Å². The van der Waals surface area contributed by atoms with E-state index in [1.165, 1.54) is 24.8 Å². The van der Waals surface area contributed by atoms with Gasteiger partial charge in [-0.15, -0.1) is 0 Å². The van der Waals surface area contributed by atoms with Gasteiger partial charge in [-0.2, -0.15) is 0 Å². The lowest BCUT2D eigenvalue weighted by Gasteiger charge is -2.48. The Bertz CT molecular complexity index is 521. The first-order valence-electron chi connectivity index (χ1n) is 8.77. The van der Waals surface area contributed by atoms with Crippen LogP contribution < -0.4 is 0 Å². The third-order valence-electron chi connectivity index (χ3n) is 6.53. The van der Waals surface area contributed by atoms with Gasteiger partial charge in [-0.25, -0.2) is 0 Å². The SMILES string of the molecule is CC(C)(C)C1=CCC(C2(C)C=CC(C)(C)C3CCCC32)=C1. The predicted molar refractivity (Wildman–Crippen MR) is 92.1 cm³/mol. The molecule has 3 rings (SSSR count). The van der Waals surface area contributed by atoms with Crippen molar-refractivity contribution in [3.05, 3.63) is 35.5 Å². The third-order valence-corrected chi connectivity index (χ3v) is 6.53. The Labute approximate surface area is 131 Å². The highest BCUT2D eigenvalue weighted by atomic mass is 14.5. The minimum absolute atomic E-state index is 0.283. The normalized spacial score (nSPS) is 38.2. The molecule has 1 saturated carbocycles. The first-order chi connectivity index (χ1) is 9.64. The zero-order chi connectivity index (χ0) is 15.5. The van der Waals surface area contributed by atoms with Crippen LogP contribution in [0.15, 0.2) is 35.5 Å². The molecule has 0 N–H and O–H groups in total. The van der Waals surface area contributed by atoms with Crippen molar-refractivity contribution in [3.8, 4) is 0 Å². The predicted octanol–water partition coefficient (Wildman–Crippen LogP) is 6.31. The maximum Gasteiger partial charge on any atom is 0.0100 e. The lowest BCUT2D eigenvalue weighted by molar-refractivity contribution is 0.125. The van der Waals surface area contributed by atoms with Crippen LogP contribution in [-0.4, -0.2) is 0 Å². The zero-order valence-corrected chi connectivity index (χ0v) is 14.8. The Balaban J connectivity index is 1.96. The summed E-state index contributed by atoms with van der Waals surface area (Å²) in [5.41, 5.74) is 4.16. The summed E-state index contributed by atoms with van der Waals surface area (Å²) < 4.78 is 0. The molecule has 0 heterocycles. The van der Waals surface area contributed by atoms with E-state index < -0.39 is 0 Å². The van der Waals surface area contributed by atoms with Gasteiger partial charge in [0.25, 0.3) is 0 Å². The Morgan fingerprint density at radius 1 is 1.00 bits per heavy atom. The zero-order valence-electron chi connectivity index (χ0n) is 14.8. The highest BCUT2D eigenvalue weighted by Crippen LogP contribution is 2.59.